The number of nitrogens with zero attached hydrogens (tertiary/aromatic N) is 5. The maximum absolute atomic E-state index is 12.7. The van der Waals surface area contributed by atoms with Crippen LogP contribution in [0.3, 0.4) is 0 Å². The zero-order chi connectivity index (χ0) is 19.8. The normalized spacial score (nSPS) is 20.0. The first kappa shape index (κ1) is 17.8. The summed E-state index contributed by atoms with van der Waals surface area (Å²) in [7, 11) is 3.62. The summed E-state index contributed by atoms with van der Waals surface area (Å²) in [6.07, 6.45) is 3.94. The largest absolute Gasteiger partial charge is 0.478 e. The van der Waals surface area contributed by atoms with Gasteiger partial charge in [-0.3, -0.25) is 15.2 Å². The van der Waals surface area contributed by atoms with Gasteiger partial charge in [-0.1, -0.05) is 6.58 Å². The molecule has 2 aliphatic heterocycles. The van der Waals surface area contributed by atoms with Gasteiger partial charge in [0.2, 0.25) is 5.88 Å². The fraction of sp³-hybridized carbons (Fsp3) is 0.333. The summed E-state index contributed by atoms with van der Waals surface area (Å²) in [4.78, 5) is 21.7. The summed E-state index contributed by atoms with van der Waals surface area (Å²) < 4.78 is 7.32. The molecule has 4 rings (SSSR count). The number of nitrogens with one attached hydrogen (secondary N) is 3. The molecule has 0 fully saturated rings. The van der Waals surface area contributed by atoms with E-state index in [1.54, 1.807) is 24.2 Å². The van der Waals surface area contributed by atoms with Crippen molar-refractivity contribution in [2.75, 3.05) is 26.0 Å². The molecule has 0 radical (unpaired) electrons. The van der Waals surface area contributed by atoms with E-state index in [9.17, 15) is 4.79 Å². The average Bonchev–Trinajstić information content (AvgIpc) is 3.08. The zero-order valence-electron chi connectivity index (χ0n) is 16.0. The molecule has 0 aromatic carbocycles. The van der Waals surface area contributed by atoms with Gasteiger partial charge in [0.05, 0.1) is 29.9 Å². The predicted molar refractivity (Wildman–Crippen MR) is 105 cm³/mol. The lowest BCUT2D eigenvalue weighted by molar-refractivity contribution is 0.0918. The van der Waals surface area contributed by atoms with Crippen LogP contribution in [0.1, 0.15) is 23.8 Å². The van der Waals surface area contributed by atoms with Crippen LogP contribution in [0.25, 0.3) is 5.65 Å². The minimum absolute atomic E-state index is 0.0852. The molecule has 4 heterocycles. The second-order valence-electron chi connectivity index (χ2n) is 6.68. The Bertz CT molecular complexity index is 1020. The molecule has 10 nitrogen and oxygen atoms in total. The molecule has 1 amide bonds. The lowest BCUT2D eigenvalue weighted by Crippen LogP contribution is -2.40. The number of carbonyl (C=O) groups excluding carboxylic acids is 1. The van der Waals surface area contributed by atoms with Crippen LogP contribution in [-0.2, 0) is 4.74 Å². The molecule has 2 aliphatic rings. The monoisotopic (exact) mass is 382 g/mol. The van der Waals surface area contributed by atoms with Crippen molar-refractivity contribution in [1.82, 2.24) is 30.3 Å². The van der Waals surface area contributed by atoms with Crippen molar-refractivity contribution in [3.63, 3.8) is 0 Å². The van der Waals surface area contributed by atoms with Gasteiger partial charge in [-0.15, -0.1) is 5.10 Å². The van der Waals surface area contributed by atoms with Gasteiger partial charge in [0.15, 0.2) is 17.2 Å². The van der Waals surface area contributed by atoms with E-state index in [0.29, 0.717) is 53.2 Å². The predicted octanol–water partition coefficient (Wildman–Crippen LogP) is 1.19. The standard InChI is InChI=1S/C18H22N8O2/c1-10-5-6-28-16-8-12(11(2)25(4)24-16)22-15-7-13(19-3)17-20-9-14(18(27)21-10)26(17)23-15/h7-10,19,24H,2,5-6H2,1,3-4H3,(H,21,27)/t10-/m1/s1. The van der Waals surface area contributed by atoms with Crippen molar-refractivity contribution in [3.8, 4) is 0 Å². The molecule has 28 heavy (non-hydrogen) atoms. The first-order valence-corrected chi connectivity index (χ1v) is 8.96. The first-order valence-electron chi connectivity index (χ1n) is 8.96. The first-order chi connectivity index (χ1) is 13.5. The van der Waals surface area contributed by atoms with E-state index in [2.05, 4.69) is 37.7 Å². The third kappa shape index (κ3) is 3.13. The molecule has 0 spiro atoms. The van der Waals surface area contributed by atoms with E-state index < -0.39 is 0 Å². The van der Waals surface area contributed by atoms with Crippen molar-refractivity contribution in [1.29, 1.82) is 0 Å². The molecule has 1 atom stereocenters. The molecule has 0 saturated heterocycles. The number of hydrogen-bond acceptors (Lipinski definition) is 8. The number of fused-ring (bicyclic) bond motifs is 2. The Morgan fingerprint density at radius 1 is 1.43 bits per heavy atom. The van der Waals surface area contributed by atoms with E-state index in [-0.39, 0.29) is 11.9 Å². The van der Waals surface area contributed by atoms with Crippen LogP contribution in [0, 0.1) is 0 Å². The van der Waals surface area contributed by atoms with Crippen LogP contribution in [0.4, 0.5) is 11.5 Å². The van der Waals surface area contributed by atoms with Gasteiger partial charge in [0, 0.05) is 38.7 Å². The van der Waals surface area contributed by atoms with Crippen molar-refractivity contribution < 1.29 is 9.53 Å². The number of amides is 1. The molecule has 0 saturated carbocycles. The van der Waals surface area contributed by atoms with Gasteiger partial charge in [-0.2, -0.15) is 0 Å². The van der Waals surface area contributed by atoms with Gasteiger partial charge < -0.3 is 15.4 Å². The molecule has 10 heteroatoms. The van der Waals surface area contributed by atoms with E-state index in [0.717, 1.165) is 0 Å². The van der Waals surface area contributed by atoms with Crippen LogP contribution in [0.15, 0.2) is 41.5 Å². The molecule has 0 unspecified atom stereocenters. The highest BCUT2D eigenvalue weighted by atomic mass is 16.5. The molecular formula is C18H22N8O2. The number of hydrazine groups is 1. The number of carbonyl (C=O) groups is 1. The number of imidazole rings is 1. The Morgan fingerprint density at radius 3 is 3.04 bits per heavy atom. The van der Waals surface area contributed by atoms with E-state index in [4.69, 9.17) is 4.74 Å². The number of ether oxygens (including phenoxy) is 1. The number of allylic oxidation sites excluding steroid dienone is 1. The summed E-state index contributed by atoms with van der Waals surface area (Å²) >= 11 is 0. The number of hydrogen-bond donors (Lipinski definition) is 3. The third-order valence-corrected chi connectivity index (χ3v) is 4.62. The summed E-state index contributed by atoms with van der Waals surface area (Å²) in [5, 5.41) is 12.3. The molecule has 4 bridgehead atoms. The Kier molecular flexibility index (Phi) is 4.38. The smallest absolute Gasteiger partial charge is 0.271 e. The van der Waals surface area contributed by atoms with E-state index >= 15 is 0 Å². The topological polar surface area (TPSA) is 108 Å². The van der Waals surface area contributed by atoms with Crippen molar-refractivity contribution in [3.05, 3.63) is 42.2 Å². The molecule has 146 valence electrons. The molecule has 3 N–H and O–H groups in total. The van der Waals surface area contributed by atoms with Gasteiger partial charge in [-0.25, -0.2) is 14.5 Å². The van der Waals surface area contributed by atoms with Crippen LogP contribution in [0.5, 0.6) is 0 Å². The SMILES string of the molecule is C=C1C2=Nc3cc(NC)c4ncc(n4n3)C(=O)N[C@H](C)CCOC(=C2)NN1C. The molecule has 2 aromatic heterocycles. The van der Waals surface area contributed by atoms with Crippen LogP contribution < -0.4 is 16.1 Å². The van der Waals surface area contributed by atoms with E-state index in [1.165, 1.54) is 10.7 Å². The molecular weight excluding hydrogens is 360 g/mol. The fourth-order valence-electron chi connectivity index (χ4n) is 3.00. The minimum Gasteiger partial charge on any atom is -0.478 e. The second kappa shape index (κ2) is 6.87. The lowest BCUT2D eigenvalue weighted by Gasteiger charge is -2.29. The number of rotatable bonds is 1. The number of aromatic nitrogens is 3. The zero-order valence-corrected chi connectivity index (χ0v) is 16.0. The van der Waals surface area contributed by atoms with Crippen molar-refractivity contribution in [2.45, 2.75) is 19.4 Å². The average molecular weight is 382 g/mol. The van der Waals surface area contributed by atoms with Gasteiger partial charge in [0.1, 0.15) is 0 Å². The molecule has 2 aromatic rings. The highest BCUT2D eigenvalue weighted by molar-refractivity contribution is 6.09. The Morgan fingerprint density at radius 2 is 2.25 bits per heavy atom. The molecule has 0 aliphatic carbocycles. The van der Waals surface area contributed by atoms with Gasteiger partial charge >= 0.3 is 0 Å². The lowest BCUT2D eigenvalue weighted by atomic mass is 10.2. The summed E-state index contributed by atoms with van der Waals surface area (Å²) in [5.74, 6) is 0.719. The maximum atomic E-state index is 12.7. The number of anilines is 1. The summed E-state index contributed by atoms with van der Waals surface area (Å²) in [6, 6.07) is 1.69. The highest BCUT2D eigenvalue weighted by Crippen LogP contribution is 2.24. The van der Waals surface area contributed by atoms with Gasteiger partial charge in [0.25, 0.3) is 5.91 Å². The van der Waals surface area contributed by atoms with Gasteiger partial charge in [-0.05, 0) is 6.92 Å². The Labute approximate surface area is 161 Å². The van der Waals surface area contributed by atoms with Crippen LogP contribution >= 0.6 is 0 Å². The van der Waals surface area contributed by atoms with Crippen molar-refractivity contribution in [2.24, 2.45) is 4.99 Å². The summed E-state index contributed by atoms with van der Waals surface area (Å²) in [6.45, 7) is 6.42. The number of aliphatic imine (C=N–C) groups is 1. The third-order valence-electron chi connectivity index (χ3n) is 4.62. The van der Waals surface area contributed by atoms with Crippen LogP contribution in [0.2, 0.25) is 0 Å². The maximum Gasteiger partial charge on any atom is 0.271 e. The highest BCUT2D eigenvalue weighted by Gasteiger charge is 2.21. The van der Waals surface area contributed by atoms with Crippen LogP contribution in [-0.4, -0.2) is 58.0 Å². The Hall–Kier alpha value is -3.56. The minimum atomic E-state index is -0.252. The van der Waals surface area contributed by atoms with Crippen molar-refractivity contribution >= 4 is 28.8 Å². The second-order valence-corrected chi connectivity index (χ2v) is 6.68. The quantitative estimate of drug-likeness (QED) is 0.680. The fourth-order valence-corrected chi connectivity index (χ4v) is 3.00. The summed E-state index contributed by atoms with van der Waals surface area (Å²) in [5.41, 5.74) is 5.99. The van der Waals surface area contributed by atoms with E-state index in [1.807, 2.05) is 14.0 Å². The Balaban J connectivity index is 1.91.